The molecule has 0 amide bonds. The van der Waals surface area contributed by atoms with E-state index in [0.29, 0.717) is 4.95 Å². The predicted octanol–water partition coefficient (Wildman–Crippen LogP) is 0.0620. The van der Waals surface area contributed by atoms with Gasteiger partial charge < -0.3 is 5.32 Å². The Balaban J connectivity index is 2.12. The van der Waals surface area contributed by atoms with E-state index in [-0.39, 0.29) is 0 Å². The standard InChI is InChI=1S/C4H8BrN2/c5-4-3-6-1-2-7-4/h2,4,6-7H,1,3H2. The van der Waals surface area contributed by atoms with Crippen LogP contribution < -0.4 is 10.6 Å². The number of hydrogen-bond acceptors (Lipinski definition) is 2. The molecule has 1 aliphatic heterocycles. The number of rotatable bonds is 0. The maximum absolute atomic E-state index is 3.38. The van der Waals surface area contributed by atoms with E-state index in [1.54, 1.807) is 0 Å². The van der Waals surface area contributed by atoms with E-state index in [1.807, 2.05) is 6.54 Å². The molecule has 0 aliphatic carbocycles. The van der Waals surface area contributed by atoms with Crippen molar-refractivity contribution in [2.75, 3.05) is 13.1 Å². The number of nitrogens with one attached hydrogen (secondary N) is 2. The third kappa shape index (κ3) is 1.76. The molecule has 1 saturated heterocycles. The summed E-state index contributed by atoms with van der Waals surface area (Å²) in [6.07, 6.45) is 0. The molecule has 0 aromatic heterocycles. The molecule has 3 heteroatoms. The molecule has 1 atom stereocenters. The summed E-state index contributed by atoms with van der Waals surface area (Å²) < 4.78 is 0. The summed E-state index contributed by atoms with van der Waals surface area (Å²) in [7, 11) is 0. The number of alkyl halides is 1. The molecule has 1 heterocycles. The minimum Gasteiger partial charge on any atom is -0.313 e. The highest BCUT2D eigenvalue weighted by Gasteiger charge is 2.05. The molecule has 1 radical (unpaired) electrons. The Morgan fingerprint density at radius 3 is 2.86 bits per heavy atom. The molecular weight excluding hydrogens is 156 g/mol. The second-order valence-electron chi connectivity index (χ2n) is 1.50. The number of halogens is 1. The van der Waals surface area contributed by atoms with Gasteiger partial charge in [-0.05, 0) is 0 Å². The van der Waals surface area contributed by atoms with Gasteiger partial charge in [-0.2, -0.15) is 0 Å². The largest absolute Gasteiger partial charge is 0.313 e. The quantitative estimate of drug-likeness (QED) is 0.390. The first-order valence-electron chi connectivity index (χ1n) is 2.32. The van der Waals surface area contributed by atoms with Crippen molar-refractivity contribution in [2.45, 2.75) is 4.95 Å². The minimum atomic E-state index is 0.432. The molecule has 0 spiro atoms. The molecule has 0 bridgehead atoms. The van der Waals surface area contributed by atoms with Gasteiger partial charge in [-0.3, -0.25) is 5.32 Å². The van der Waals surface area contributed by atoms with Gasteiger partial charge in [-0.15, -0.1) is 0 Å². The molecule has 1 rings (SSSR count). The van der Waals surface area contributed by atoms with Crippen LogP contribution >= 0.6 is 15.9 Å². The van der Waals surface area contributed by atoms with Crippen molar-refractivity contribution in [3.05, 3.63) is 6.54 Å². The van der Waals surface area contributed by atoms with Crippen LogP contribution in [0.1, 0.15) is 0 Å². The average Bonchev–Trinajstić information content (AvgIpc) is 1.69. The molecule has 1 aliphatic rings. The van der Waals surface area contributed by atoms with Crippen molar-refractivity contribution in [2.24, 2.45) is 0 Å². The summed E-state index contributed by atoms with van der Waals surface area (Å²) in [6, 6.07) is 0. The molecule has 41 valence electrons. The van der Waals surface area contributed by atoms with Crippen LogP contribution in [0, 0.1) is 6.54 Å². The van der Waals surface area contributed by atoms with E-state index in [4.69, 9.17) is 0 Å². The topological polar surface area (TPSA) is 24.1 Å². The molecule has 7 heavy (non-hydrogen) atoms. The highest BCUT2D eigenvalue weighted by atomic mass is 79.9. The molecule has 0 aromatic carbocycles. The lowest BCUT2D eigenvalue weighted by atomic mass is 10.4. The second-order valence-corrected chi connectivity index (χ2v) is 2.60. The fraction of sp³-hybridized carbons (Fsp3) is 0.750. The summed E-state index contributed by atoms with van der Waals surface area (Å²) in [5, 5.41) is 6.28. The zero-order valence-electron chi connectivity index (χ0n) is 3.95. The van der Waals surface area contributed by atoms with Gasteiger partial charge in [-0.25, -0.2) is 0 Å². The van der Waals surface area contributed by atoms with Gasteiger partial charge >= 0.3 is 0 Å². The van der Waals surface area contributed by atoms with Crippen LogP contribution in [0.4, 0.5) is 0 Å². The van der Waals surface area contributed by atoms with Gasteiger partial charge in [0.25, 0.3) is 0 Å². The third-order valence-electron chi connectivity index (χ3n) is 0.869. The van der Waals surface area contributed by atoms with Crippen LogP contribution in [0.2, 0.25) is 0 Å². The Kier molecular flexibility index (Phi) is 2.09. The van der Waals surface area contributed by atoms with Crippen molar-refractivity contribution >= 4 is 15.9 Å². The fourth-order valence-electron chi connectivity index (χ4n) is 0.528. The van der Waals surface area contributed by atoms with Gasteiger partial charge in [0.05, 0.1) is 4.95 Å². The summed E-state index contributed by atoms with van der Waals surface area (Å²) in [5.41, 5.74) is 0. The Labute approximate surface area is 51.8 Å². The smallest absolute Gasteiger partial charge is 0.0760 e. The first-order chi connectivity index (χ1) is 3.39. The van der Waals surface area contributed by atoms with Crippen LogP contribution in [0.5, 0.6) is 0 Å². The van der Waals surface area contributed by atoms with E-state index >= 15 is 0 Å². The predicted molar refractivity (Wildman–Crippen MR) is 33.0 cm³/mol. The van der Waals surface area contributed by atoms with E-state index < -0.39 is 0 Å². The van der Waals surface area contributed by atoms with Gasteiger partial charge in [0.15, 0.2) is 0 Å². The van der Waals surface area contributed by atoms with Gasteiger partial charge in [0, 0.05) is 19.6 Å². The molecule has 2 N–H and O–H groups in total. The van der Waals surface area contributed by atoms with Gasteiger partial charge in [0.1, 0.15) is 0 Å². The lowest BCUT2D eigenvalue weighted by Crippen LogP contribution is -2.41. The van der Waals surface area contributed by atoms with E-state index in [9.17, 15) is 0 Å². The van der Waals surface area contributed by atoms with Crippen molar-refractivity contribution in [1.29, 1.82) is 0 Å². The van der Waals surface area contributed by atoms with Crippen LogP contribution in [-0.2, 0) is 0 Å². The minimum absolute atomic E-state index is 0.432. The second kappa shape index (κ2) is 2.64. The van der Waals surface area contributed by atoms with Crippen molar-refractivity contribution < 1.29 is 0 Å². The number of piperazine rings is 1. The van der Waals surface area contributed by atoms with Crippen molar-refractivity contribution in [1.82, 2.24) is 10.6 Å². The van der Waals surface area contributed by atoms with Gasteiger partial charge in [-0.1, -0.05) is 15.9 Å². The van der Waals surface area contributed by atoms with E-state index in [0.717, 1.165) is 13.1 Å². The third-order valence-corrected chi connectivity index (χ3v) is 1.46. The van der Waals surface area contributed by atoms with E-state index in [1.165, 1.54) is 0 Å². The van der Waals surface area contributed by atoms with Crippen LogP contribution in [-0.4, -0.2) is 18.0 Å². The summed E-state index contributed by atoms with van der Waals surface area (Å²) >= 11 is 3.38. The molecule has 1 fully saturated rings. The summed E-state index contributed by atoms with van der Waals surface area (Å²) in [6.45, 7) is 3.99. The Morgan fingerprint density at radius 1 is 1.71 bits per heavy atom. The van der Waals surface area contributed by atoms with Crippen LogP contribution in [0.15, 0.2) is 0 Å². The average molecular weight is 164 g/mol. The Morgan fingerprint density at radius 2 is 2.57 bits per heavy atom. The lowest BCUT2D eigenvalue weighted by molar-refractivity contribution is 0.568. The Bertz CT molecular complexity index is 51.7. The first-order valence-corrected chi connectivity index (χ1v) is 3.23. The SMILES string of the molecule is BrC1CNC[CH]N1. The molecule has 0 saturated carbocycles. The van der Waals surface area contributed by atoms with Crippen molar-refractivity contribution in [3.8, 4) is 0 Å². The van der Waals surface area contributed by atoms with Crippen LogP contribution in [0.25, 0.3) is 0 Å². The van der Waals surface area contributed by atoms with Crippen LogP contribution in [0.3, 0.4) is 0 Å². The highest BCUT2D eigenvalue weighted by Crippen LogP contribution is 1.95. The zero-order chi connectivity index (χ0) is 5.11. The summed E-state index contributed by atoms with van der Waals surface area (Å²) in [4.78, 5) is 0.432. The fourth-order valence-corrected chi connectivity index (χ4v) is 0.944. The summed E-state index contributed by atoms with van der Waals surface area (Å²) in [5.74, 6) is 0. The monoisotopic (exact) mass is 163 g/mol. The maximum atomic E-state index is 3.38. The normalized spacial score (nSPS) is 33.0. The molecular formula is C4H8BrN2. The highest BCUT2D eigenvalue weighted by molar-refractivity contribution is 9.09. The molecule has 1 unspecified atom stereocenters. The number of hydrogen-bond donors (Lipinski definition) is 2. The first kappa shape index (κ1) is 5.54. The molecule has 2 nitrogen and oxygen atoms in total. The Hall–Kier alpha value is 0.400. The zero-order valence-corrected chi connectivity index (χ0v) is 5.53. The molecule has 0 aromatic rings. The van der Waals surface area contributed by atoms with E-state index in [2.05, 4.69) is 26.6 Å². The van der Waals surface area contributed by atoms with Crippen molar-refractivity contribution in [3.63, 3.8) is 0 Å². The lowest BCUT2D eigenvalue weighted by Gasteiger charge is -2.17. The maximum Gasteiger partial charge on any atom is 0.0760 e. The van der Waals surface area contributed by atoms with Gasteiger partial charge in [0.2, 0.25) is 0 Å².